The first-order valence-corrected chi connectivity index (χ1v) is 7.03. The molecule has 2 rings (SSSR count). The molecule has 1 heterocycles. The van der Waals surface area contributed by atoms with Crippen LogP contribution in [0.15, 0.2) is 42.6 Å². The summed E-state index contributed by atoms with van der Waals surface area (Å²) >= 11 is 0. The first-order valence-electron chi connectivity index (χ1n) is 7.03. The molecule has 2 aromatic rings. The predicted octanol–water partition coefficient (Wildman–Crippen LogP) is 2.75. The van der Waals surface area contributed by atoms with Crippen LogP contribution in [0.4, 0.5) is 0 Å². The summed E-state index contributed by atoms with van der Waals surface area (Å²) in [6.07, 6.45) is 4.07. The number of aryl methyl sites for hydroxylation is 1. The molecule has 0 saturated carbocycles. The minimum Gasteiger partial charge on any atom is -0.316 e. The van der Waals surface area contributed by atoms with Crippen molar-refractivity contribution in [3.05, 3.63) is 53.9 Å². The Kier molecular flexibility index (Phi) is 5.16. The lowest BCUT2D eigenvalue weighted by Gasteiger charge is -2.18. The van der Waals surface area contributed by atoms with E-state index >= 15 is 0 Å². The Balaban J connectivity index is 2.08. The first kappa shape index (κ1) is 13.8. The summed E-state index contributed by atoms with van der Waals surface area (Å²) < 4.78 is 1.97. The van der Waals surface area contributed by atoms with Gasteiger partial charge in [-0.15, -0.1) is 0 Å². The molecular weight excluding hydrogens is 234 g/mol. The highest BCUT2D eigenvalue weighted by molar-refractivity contribution is 5.22. The summed E-state index contributed by atoms with van der Waals surface area (Å²) in [5.41, 5.74) is 2.68. The number of nitrogens with one attached hydrogen (secondary N) is 1. The summed E-state index contributed by atoms with van der Waals surface area (Å²) in [4.78, 5) is 0. The second-order valence-corrected chi connectivity index (χ2v) is 4.96. The maximum absolute atomic E-state index is 4.26. The third-order valence-corrected chi connectivity index (χ3v) is 3.47. The molecule has 0 amide bonds. The molecule has 1 unspecified atom stereocenters. The van der Waals surface area contributed by atoms with Gasteiger partial charge in [-0.3, -0.25) is 4.68 Å². The van der Waals surface area contributed by atoms with Crippen LogP contribution in [0.1, 0.15) is 30.5 Å². The Hall–Kier alpha value is -1.61. The number of benzene rings is 1. The van der Waals surface area contributed by atoms with Gasteiger partial charge in [-0.1, -0.05) is 37.3 Å². The molecule has 1 aromatic heterocycles. The number of rotatable bonds is 7. The summed E-state index contributed by atoms with van der Waals surface area (Å²) in [5, 5.41) is 7.79. The standard InChI is InChI=1S/C16H23N3/c1-3-10-17-13-15(14-7-5-4-6-8-14)12-16-9-11-18-19(16)2/h4-9,11,15,17H,3,10,12-13H2,1-2H3. The van der Waals surface area contributed by atoms with E-state index < -0.39 is 0 Å². The average molecular weight is 257 g/mol. The van der Waals surface area contributed by atoms with Crippen molar-refractivity contribution in [1.29, 1.82) is 0 Å². The zero-order valence-corrected chi connectivity index (χ0v) is 11.8. The predicted molar refractivity (Wildman–Crippen MR) is 79.3 cm³/mol. The summed E-state index contributed by atoms with van der Waals surface area (Å²) in [6, 6.07) is 12.8. The normalized spacial score (nSPS) is 12.5. The van der Waals surface area contributed by atoms with Gasteiger partial charge < -0.3 is 5.32 Å². The van der Waals surface area contributed by atoms with E-state index in [4.69, 9.17) is 0 Å². The third kappa shape index (κ3) is 3.93. The highest BCUT2D eigenvalue weighted by Gasteiger charge is 2.13. The van der Waals surface area contributed by atoms with Crippen molar-refractivity contribution in [2.24, 2.45) is 7.05 Å². The summed E-state index contributed by atoms with van der Waals surface area (Å²) in [5.74, 6) is 0.503. The molecule has 0 bridgehead atoms. The minimum atomic E-state index is 0.503. The number of nitrogens with zero attached hydrogens (tertiary/aromatic N) is 2. The second kappa shape index (κ2) is 7.10. The van der Waals surface area contributed by atoms with Crippen LogP contribution in [0.25, 0.3) is 0 Å². The topological polar surface area (TPSA) is 29.9 Å². The minimum absolute atomic E-state index is 0.503. The van der Waals surface area contributed by atoms with Crippen LogP contribution in [-0.4, -0.2) is 22.9 Å². The lowest BCUT2D eigenvalue weighted by Crippen LogP contribution is -2.24. The molecule has 0 fully saturated rings. The zero-order valence-electron chi connectivity index (χ0n) is 11.8. The van der Waals surface area contributed by atoms with Gasteiger partial charge in [0, 0.05) is 31.4 Å². The van der Waals surface area contributed by atoms with Crippen LogP contribution in [0.3, 0.4) is 0 Å². The van der Waals surface area contributed by atoms with E-state index in [9.17, 15) is 0 Å². The average Bonchev–Trinajstić information content (AvgIpc) is 2.84. The molecule has 3 heteroatoms. The van der Waals surface area contributed by atoms with Crippen molar-refractivity contribution in [3.63, 3.8) is 0 Å². The molecule has 3 nitrogen and oxygen atoms in total. The third-order valence-electron chi connectivity index (χ3n) is 3.47. The van der Waals surface area contributed by atoms with Crippen LogP contribution in [0, 0.1) is 0 Å². The molecule has 1 atom stereocenters. The largest absolute Gasteiger partial charge is 0.316 e. The van der Waals surface area contributed by atoms with E-state index in [1.165, 1.54) is 17.7 Å². The van der Waals surface area contributed by atoms with E-state index in [1.54, 1.807) is 0 Å². The monoisotopic (exact) mass is 257 g/mol. The Bertz CT molecular complexity index is 476. The fraction of sp³-hybridized carbons (Fsp3) is 0.438. The lowest BCUT2D eigenvalue weighted by molar-refractivity contribution is 0.557. The molecule has 0 radical (unpaired) electrons. The maximum Gasteiger partial charge on any atom is 0.0492 e. The van der Waals surface area contributed by atoms with Gasteiger partial charge in [0.1, 0.15) is 0 Å². The van der Waals surface area contributed by atoms with Crippen LogP contribution in [-0.2, 0) is 13.5 Å². The molecule has 1 N–H and O–H groups in total. The zero-order chi connectivity index (χ0) is 13.5. The highest BCUT2D eigenvalue weighted by Crippen LogP contribution is 2.19. The SMILES string of the molecule is CCCNCC(Cc1ccnn1C)c1ccccc1. The molecule has 102 valence electrons. The molecule has 0 saturated heterocycles. The number of hydrogen-bond donors (Lipinski definition) is 1. The van der Waals surface area contributed by atoms with Crippen molar-refractivity contribution >= 4 is 0 Å². The van der Waals surface area contributed by atoms with E-state index in [2.05, 4.69) is 53.7 Å². The molecule has 0 spiro atoms. The fourth-order valence-electron chi connectivity index (χ4n) is 2.34. The quantitative estimate of drug-likeness (QED) is 0.773. The van der Waals surface area contributed by atoms with Gasteiger partial charge >= 0.3 is 0 Å². The molecular formula is C16H23N3. The van der Waals surface area contributed by atoms with Crippen LogP contribution < -0.4 is 5.32 Å². The Morgan fingerprint density at radius 2 is 2.00 bits per heavy atom. The van der Waals surface area contributed by atoms with Crippen LogP contribution in [0.2, 0.25) is 0 Å². The molecule has 0 aliphatic heterocycles. The van der Waals surface area contributed by atoms with E-state index in [0.717, 1.165) is 19.5 Å². The van der Waals surface area contributed by atoms with Gasteiger partial charge in [-0.2, -0.15) is 5.10 Å². The van der Waals surface area contributed by atoms with Crippen LogP contribution >= 0.6 is 0 Å². The van der Waals surface area contributed by atoms with Gasteiger partial charge in [-0.25, -0.2) is 0 Å². The fourth-order valence-corrected chi connectivity index (χ4v) is 2.34. The Labute approximate surface area is 115 Å². The number of hydrogen-bond acceptors (Lipinski definition) is 2. The lowest BCUT2D eigenvalue weighted by atomic mass is 9.94. The van der Waals surface area contributed by atoms with Gasteiger partial charge in [0.25, 0.3) is 0 Å². The summed E-state index contributed by atoms with van der Waals surface area (Å²) in [6.45, 7) is 4.30. The van der Waals surface area contributed by atoms with Gasteiger partial charge in [-0.05, 0) is 31.0 Å². The van der Waals surface area contributed by atoms with E-state index in [1.807, 2.05) is 17.9 Å². The van der Waals surface area contributed by atoms with Crippen molar-refractivity contribution in [2.75, 3.05) is 13.1 Å². The maximum atomic E-state index is 4.26. The Morgan fingerprint density at radius 1 is 1.21 bits per heavy atom. The molecule has 0 aliphatic rings. The van der Waals surface area contributed by atoms with Crippen molar-refractivity contribution in [3.8, 4) is 0 Å². The second-order valence-electron chi connectivity index (χ2n) is 4.96. The Morgan fingerprint density at radius 3 is 2.63 bits per heavy atom. The number of aromatic nitrogens is 2. The molecule has 19 heavy (non-hydrogen) atoms. The summed E-state index contributed by atoms with van der Waals surface area (Å²) in [7, 11) is 2.01. The van der Waals surface area contributed by atoms with Gasteiger partial charge in [0.05, 0.1) is 0 Å². The van der Waals surface area contributed by atoms with E-state index in [0.29, 0.717) is 5.92 Å². The smallest absolute Gasteiger partial charge is 0.0492 e. The first-order chi connectivity index (χ1) is 9.31. The van der Waals surface area contributed by atoms with E-state index in [-0.39, 0.29) is 0 Å². The molecule has 0 aliphatic carbocycles. The van der Waals surface area contributed by atoms with Crippen molar-refractivity contribution in [2.45, 2.75) is 25.7 Å². The van der Waals surface area contributed by atoms with Crippen LogP contribution in [0.5, 0.6) is 0 Å². The van der Waals surface area contributed by atoms with Gasteiger partial charge in [0.15, 0.2) is 0 Å². The van der Waals surface area contributed by atoms with Crippen molar-refractivity contribution < 1.29 is 0 Å². The highest BCUT2D eigenvalue weighted by atomic mass is 15.2. The van der Waals surface area contributed by atoms with Crippen molar-refractivity contribution in [1.82, 2.24) is 15.1 Å². The molecule has 1 aromatic carbocycles. The van der Waals surface area contributed by atoms with Gasteiger partial charge in [0.2, 0.25) is 0 Å².